The summed E-state index contributed by atoms with van der Waals surface area (Å²) < 4.78 is 42.4. The second kappa shape index (κ2) is 3.88. The Morgan fingerprint density at radius 1 is 0.923 bits per heavy atom. The van der Waals surface area contributed by atoms with Crippen LogP contribution in [0.3, 0.4) is 0 Å². The summed E-state index contributed by atoms with van der Waals surface area (Å²) in [6.07, 6.45) is 0. The molecule has 1 nitrogen and oxygen atoms in total. The Hall–Kier alpha value is -0.230. The Labute approximate surface area is 89.1 Å². The van der Waals surface area contributed by atoms with E-state index in [1.807, 2.05) is 0 Å². The van der Waals surface area contributed by atoms with Gasteiger partial charge in [0.25, 0.3) is 0 Å². The highest BCUT2D eigenvalue weighted by atomic mass is 79.9. The lowest BCUT2D eigenvalue weighted by Gasteiger charge is -2.07. The topological polar surface area (TPSA) is 9.23 Å². The van der Waals surface area contributed by atoms with Crippen LogP contribution < -0.4 is 4.74 Å². The summed E-state index contributed by atoms with van der Waals surface area (Å²) in [5.41, 5.74) is 0. The molecule has 0 aromatic heterocycles. The van der Waals surface area contributed by atoms with Gasteiger partial charge >= 0.3 is 0 Å². The second-order valence-electron chi connectivity index (χ2n) is 2.10. The minimum Gasteiger partial charge on any atom is -0.492 e. The van der Waals surface area contributed by atoms with Crippen molar-refractivity contribution in [3.63, 3.8) is 0 Å². The van der Waals surface area contributed by atoms with E-state index in [2.05, 4.69) is 36.6 Å². The number of hydrogen-bond donors (Lipinski definition) is 0. The van der Waals surface area contributed by atoms with E-state index in [-0.39, 0.29) is 10.2 Å². The van der Waals surface area contributed by atoms with Crippen molar-refractivity contribution in [3.05, 3.63) is 26.4 Å². The number of halogens is 5. The molecule has 0 saturated carbocycles. The van der Waals surface area contributed by atoms with Crippen LogP contribution in [-0.4, -0.2) is 7.11 Å². The molecule has 0 fully saturated rings. The maximum absolute atomic E-state index is 13.1. The molecule has 0 heterocycles. The van der Waals surface area contributed by atoms with Gasteiger partial charge in [0.1, 0.15) is 4.47 Å². The van der Waals surface area contributed by atoms with Crippen LogP contribution in [0.5, 0.6) is 5.75 Å². The largest absolute Gasteiger partial charge is 0.492 e. The fraction of sp³-hybridized carbons (Fsp3) is 0.143. The van der Waals surface area contributed by atoms with E-state index in [4.69, 9.17) is 0 Å². The van der Waals surface area contributed by atoms with Gasteiger partial charge in [-0.2, -0.15) is 0 Å². The van der Waals surface area contributed by atoms with E-state index in [1.165, 1.54) is 0 Å². The Balaban J connectivity index is 3.56. The molecule has 0 aliphatic heterocycles. The second-order valence-corrected chi connectivity index (χ2v) is 3.69. The zero-order chi connectivity index (χ0) is 10.2. The van der Waals surface area contributed by atoms with E-state index in [9.17, 15) is 13.2 Å². The summed E-state index contributed by atoms with van der Waals surface area (Å²) in [5.74, 6) is -3.82. The van der Waals surface area contributed by atoms with Gasteiger partial charge in [-0.15, -0.1) is 0 Å². The van der Waals surface area contributed by atoms with E-state index in [0.29, 0.717) is 0 Å². The van der Waals surface area contributed by atoms with Crippen LogP contribution in [0.1, 0.15) is 0 Å². The van der Waals surface area contributed by atoms with E-state index >= 15 is 0 Å². The van der Waals surface area contributed by atoms with Crippen molar-refractivity contribution in [2.24, 2.45) is 0 Å². The van der Waals surface area contributed by atoms with E-state index < -0.39 is 21.9 Å². The van der Waals surface area contributed by atoms with Gasteiger partial charge in [-0.25, -0.2) is 13.2 Å². The first-order valence-electron chi connectivity index (χ1n) is 3.06. The zero-order valence-corrected chi connectivity index (χ0v) is 9.47. The van der Waals surface area contributed by atoms with E-state index in [0.717, 1.165) is 7.11 Å². The Morgan fingerprint density at radius 2 is 1.38 bits per heavy atom. The van der Waals surface area contributed by atoms with Gasteiger partial charge in [-0.1, -0.05) is 0 Å². The zero-order valence-electron chi connectivity index (χ0n) is 6.30. The van der Waals surface area contributed by atoms with Crippen molar-refractivity contribution in [1.82, 2.24) is 0 Å². The average Bonchev–Trinajstić information content (AvgIpc) is 2.13. The SMILES string of the molecule is COc1c(F)c(Br)c(F)c(F)c1Br. The molecular weight excluding hydrogens is 317 g/mol. The van der Waals surface area contributed by atoms with Crippen molar-refractivity contribution in [2.45, 2.75) is 0 Å². The highest BCUT2D eigenvalue weighted by Gasteiger charge is 2.22. The molecule has 0 atom stereocenters. The first-order chi connectivity index (χ1) is 6.00. The van der Waals surface area contributed by atoms with Gasteiger partial charge < -0.3 is 4.74 Å². The Kier molecular flexibility index (Phi) is 3.23. The molecular formula is C7H3Br2F3O. The molecule has 13 heavy (non-hydrogen) atoms. The summed E-state index contributed by atoms with van der Waals surface area (Å²) >= 11 is 5.24. The molecule has 0 unspecified atom stereocenters. The summed E-state index contributed by atoms with van der Waals surface area (Å²) in [4.78, 5) is 0. The monoisotopic (exact) mass is 318 g/mol. The van der Waals surface area contributed by atoms with Crippen LogP contribution in [0.25, 0.3) is 0 Å². The number of methoxy groups -OCH3 is 1. The standard InChI is InChI=1S/C7H3Br2F3O/c1-13-7-3(9)5(11)4(10)2(8)6(7)12/h1H3. The van der Waals surface area contributed by atoms with Crippen molar-refractivity contribution >= 4 is 31.9 Å². The third kappa shape index (κ3) is 1.69. The normalized spacial score (nSPS) is 10.3. The fourth-order valence-corrected chi connectivity index (χ4v) is 1.63. The van der Waals surface area contributed by atoms with Gasteiger partial charge in [-0.3, -0.25) is 0 Å². The molecule has 1 aromatic carbocycles. The molecule has 0 radical (unpaired) electrons. The molecule has 0 N–H and O–H groups in total. The lowest BCUT2D eigenvalue weighted by atomic mass is 10.3. The first-order valence-corrected chi connectivity index (χ1v) is 4.64. The van der Waals surface area contributed by atoms with E-state index in [1.54, 1.807) is 0 Å². The van der Waals surface area contributed by atoms with Crippen LogP contribution in [-0.2, 0) is 0 Å². The van der Waals surface area contributed by atoms with Crippen LogP contribution in [0.15, 0.2) is 8.95 Å². The third-order valence-electron chi connectivity index (χ3n) is 1.37. The van der Waals surface area contributed by atoms with Crippen molar-refractivity contribution < 1.29 is 17.9 Å². The van der Waals surface area contributed by atoms with Gasteiger partial charge in [0, 0.05) is 0 Å². The molecule has 0 amide bonds. The minimum absolute atomic E-state index is 0.367. The predicted molar refractivity (Wildman–Crippen MR) is 48.3 cm³/mol. The summed E-state index contributed by atoms with van der Waals surface area (Å²) in [6.45, 7) is 0. The Morgan fingerprint density at radius 3 is 1.85 bits per heavy atom. The first kappa shape index (κ1) is 10.8. The number of ether oxygens (including phenoxy) is 1. The molecule has 0 aliphatic carbocycles. The predicted octanol–water partition coefficient (Wildman–Crippen LogP) is 3.64. The highest BCUT2D eigenvalue weighted by Crippen LogP contribution is 2.37. The average molecular weight is 320 g/mol. The lowest BCUT2D eigenvalue weighted by Crippen LogP contribution is -1.98. The quantitative estimate of drug-likeness (QED) is 0.567. The highest BCUT2D eigenvalue weighted by molar-refractivity contribution is 9.11. The van der Waals surface area contributed by atoms with Gasteiger partial charge in [0.05, 0.1) is 11.6 Å². The van der Waals surface area contributed by atoms with Crippen molar-refractivity contribution in [1.29, 1.82) is 0 Å². The van der Waals surface area contributed by atoms with Gasteiger partial charge in [0.15, 0.2) is 23.2 Å². The van der Waals surface area contributed by atoms with Crippen LogP contribution >= 0.6 is 31.9 Å². The summed E-state index contributed by atoms with van der Waals surface area (Å²) in [6, 6.07) is 0. The van der Waals surface area contributed by atoms with Crippen LogP contribution in [0, 0.1) is 17.5 Å². The molecule has 1 aromatic rings. The van der Waals surface area contributed by atoms with Gasteiger partial charge in [0.2, 0.25) is 0 Å². The Bertz CT molecular complexity index is 325. The molecule has 1 rings (SSSR count). The molecule has 0 aliphatic rings. The summed E-state index contributed by atoms with van der Waals surface area (Å²) in [7, 11) is 1.16. The number of rotatable bonds is 1. The third-order valence-corrected chi connectivity index (χ3v) is 2.78. The lowest BCUT2D eigenvalue weighted by molar-refractivity contribution is 0.369. The molecule has 0 spiro atoms. The maximum Gasteiger partial charge on any atom is 0.183 e. The maximum atomic E-state index is 13.1. The van der Waals surface area contributed by atoms with Crippen molar-refractivity contribution in [3.8, 4) is 5.75 Å². The molecule has 6 heteroatoms. The molecule has 0 bridgehead atoms. The minimum atomic E-state index is -1.29. The summed E-state index contributed by atoms with van der Waals surface area (Å²) in [5, 5.41) is 0. The van der Waals surface area contributed by atoms with Crippen LogP contribution in [0.4, 0.5) is 13.2 Å². The van der Waals surface area contributed by atoms with Gasteiger partial charge in [-0.05, 0) is 31.9 Å². The number of benzene rings is 1. The van der Waals surface area contributed by atoms with Crippen molar-refractivity contribution in [2.75, 3.05) is 7.11 Å². The molecule has 72 valence electrons. The smallest absolute Gasteiger partial charge is 0.183 e. The number of hydrogen-bond acceptors (Lipinski definition) is 1. The fourth-order valence-electron chi connectivity index (χ4n) is 0.764. The van der Waals surface area contributed by atoms with Crippen LogP contribution in [0.2, 0.25) is 0 Å². The molecule has 0 saturated heterocycles.